The van der Waals surface area contributed by atoms with Gasteiger partial charge in [0.25, 0.3) is 5.91 Å². The smallest absolute Gasteiger partial charge is 0.255 e. The Bertz CT molecular complexity index is 1240. The van der Waals surface area contributed by atoms with E-state index >= 15 is 0 Å². The Morgan fingerprint density at radius 1 is 1.03 bits per heavy atom. The highest BCUT2D eigenvalue weighted by atomic mass is 35.5. The van der Waals surface area contributed by atoms with Gasteiger partial charge in [0.1, 0.15) is 17.5 Å². The van der Waals surface area contributed by atoms with Crippen molar-refractivity contribution in [3.63, 3.8) is 0 Å². The first-order valence-corrected chi connectivity index (χ1v) is 10.6. The maximum Gasteiger partial charge on any atom is 0.255 e. The van der Waals surface area contributed by atoms with Gasteiger partial charge in [0.15, 0.2) is 0 Å². The van der Waals surface area contributed by atoms with Crippen molar-refractivity contribution in [1.82, 2.24) is 15.5 Å². The van der Waals surface area contributed by atoms with E-state index in [0.717, 1.165) is 11.1 Å². The van der Waals surface area contributed by atoms with Gasteiger partial charge in [-0.05, 0) is 29.8 Å². The van der Waals surface area contributed by atoms with Crippen molar-refractivity contribution in [2.75, 3.05) is 14.2 Å². The van der Waals surface area contributed by atoms with E-state index in [4.69, 9.17) is 25.6 Å². The summed E-state index contributed by atoms with van der Waals surface area (Å²) in [6, 6.07) is 21.4. The largest absolute Gasteiger partial charge is 0.497 e. The number of aromatic nitrogens is 2. The molecule has 1 aromatic heterocycles. The molecule has 168 valence electrons. The third kappa shape index (κ3) is 5.32. The molecule has 4 aromatic rings. The molecule has 7 nitrogen and oxygen atoms in total. The summed E-state index contributed by atoms with van der Waals surface area (Å²) in [7, 11) is 3.06. The molecule has 1 unspecified atom stereocenters. The van der Waals surface area contributed by atoms with Gasteiger partial charge in [-0.15, -0.1) is 0 Å². The Morgan fingerprint density at radius 3 is 2.58 bits per heavy atom. The van der Waals surface area contributed by atoms with Crippen LogP contribution in [-0.2, 0) is 6.42 Å². The van der Waals surface area contributed by atoms with Crippen LogP contribution >= 0.6 is 11.6 Å². The maximum absolute atomic E-state index is 13.2. The minimum absolute atomic E-state index is 0.287. The highest BCUT2D eigenvalue weighted by Crippen LogP contribution is 2.27. The topological polar surface area (TPSA) is 86.5 Å². The Kier molecular flexibility index (Phi) is 6.90. The van der Waals surface area contributed by atoms with Crippen LogP contribution in [0.5, 0.6) is 11.5 Å². The number of halogens is 1. The zero-order valence-electron chi connectivity index (χ0n) is 18.1. The molecular formula is C25H22ClN3O4. The average molecular weight is 464 g/mol. The second-order valence-electron chi connectivity index (χ2n) is 7.25. The predicted octanol–water partition coefficient (Wildman–Crippen LogP) is 5.12. The average Bonchev–Trinajstić information content (AvgIpc) is 3.34. The fraction of sp³-hybridized carbons (Fsp3) is 0.160. The molecule has 0 bridgehead atoms. The fourth-order valence-corrected chi connectivity index (χ4v) is 3.58. The summed E-state index contributed by atoms with van der Waals surface area (Å²) < 4.78 is 16.2. The third-order valence-corrected chi connectivity index (χ3v) is 5.30. The van der Waals surface area contributed by atoms with Crippen molar-refractivity contribution in [2.24, 2.45) is 0 Å². The first-order chi connectivity index (χ1) is 16.1. The van der Waals surface area contributed by atoms with Gasteiger partial charge in [0, 0.05) is 23.1 Å². The molecule has 0 spiro atoms. The van der Waals surface area contributed by atoms with Crippen molar-refractivity contribution >= 4 is 17.5 Å². The number of ether oxygens (including phenoxy) is 2. The normalized spacial score (nSPS) is 11.6. The van der Waals surface area contributed by atoms with Crippen molar-refractivity contribution < 1.29 is 18.8 Å². The van der Waals surface area contributed by atoms with E-state index < -0.39 is 6.04 Å². The first kappa shape index (κ1) is 22.4. The predicted molar refractivity (Wildman–Crippen MR) is 125 cm³/mol. The molecule has 8 heteroatoms. The Balaban J connectivity index is 1.64. The molecule has 4 rings (SSSR count). The summed E-state index contributed by atoms with van der Waals surface area (Å²) in [6.07, 6.45) is 0.461. The Labute approximate surface area is 196 Å². The van der Waals surface area contributed by atoms with E-state index in [-0.39, 0.29) is 11.8 Å². The fourth-order valence-electron chi connectivity index (χ4n) is 3.39. The van der Waals surface area contributed by atoms with Crippen LogP contribution in [0.4, 0.5) is 0 Å². The summed E-state index contributed by atoms with van der Waals surface area (Å²) in [4.78, 5) is 17.7. The van der Waals surface area contributed by atoms with Gasteiger partial charge in [-0.2, -0.15) is 4.98 Å². The van der Waals surface area contributed by atoms with Crippen molar-refractivity contribution in [1.29, 1.82) is 0 Å². The minimum Gasteiger partial charge on any atom is -0.497 e. The van der Waals surface area contributed by atoms with Crippen LogP contribution in [0.3, 0.4) is 0 Å². The van der Waals surface area contributed by atoms with Gasteiger partial charge in [-0.3, -0.25) is 4.79 Å². The second-order valence-corrected chi connectivity index (χ2v) is 7.68. The van der Waals surface area contributed by atoms with Crippen molar-refractivity contribution in [3.8, 4) is 22.9 Å². The number of hydrogen-bond acceptors (Lipinski definition) is 6. The van der Waals surface area contributed by atoms with Crippen LogP contribution in [0, 0.1) is 0 Å². The van der Waals surface area contributed by atoms with E-state index in [1.165, 1.54) is 7.11 Å². The van der Waals surface area contributed by atoms with Crippen molar-refractivity contribution in [3.05, 3.63) is 94.8 Å². The number of nitrogens with zero attached hydrogens (tertiary/aromatic N) is 2. The summed E-state index contributed by atoms with van der Waals surface area (Å²) in [5.41, 5.74) is 2.09. The molecule has 0 saturated heterocycles. The van der Waals surface area contributed by atoms with Crippen molar-refractivity contribution in [2.45, 2.75) is 12.5 Å². The van der Waals surface area contributed by atoms with Gasteiger partial charge in [-0.1, -0.05) is 59.2 Å². The van der Waals surface area contributed by atoms with Gasteiger partial charge in [0.2, 0.25) is 11.7 Å². The van der Waals surface area contributed by atoms with Crippen LogP contribution in [-0.4, -0.2) is 30.3 Å². The molecule has 0 aliphatic carbocycles. The number of methoxy groups -OCH3 is 2. The summed E-state index contributed by atoms with van der Waals surface area (Å²) >= 11 is 6.09. The number of amides is 1. The molecule has 1 N–H and O–H groups in total. The molecule has 3 aromatic carbocycles. The molecule has 1 amide bonds. The lowest BCUT2D eigenvalue weighted by Gasteiger charge is -2.17. The minimum atomic E-state index is -0.563. The molecule has 0 saturated carbocycles. The lowest BCUT2D eigenvalue weighted by molar-refractivity contribution is 0.0925. The van der Waals surface area contributed by atoms with Gasteiger partial charge >= 0.3 is 0 Å². The van der Waals surface area contributed by atoms with E-state index in [1.54, 1.807) is 37.4 Å². The molecule has 0 fully saturated rings. The highest BCUT2D eigenvalue weighted by molar-refractivity contribution is 6.30. The first-order valence-electron chi connectivity index (χ1n) is 10.2. The van der Waals surface area contributed by atoms with Gasteiger partial charge < -0.3 is 19.3 Å². The zero-order valence-corrected chi connectivity index (χ0v) is 18.9. The molecule has 0 aliphatic rings. The lowest BCUT2D eigenvalue weighted by Crippen LogP contribution is -2.30. The number of carbonyl (C=O) groups excluding carboxylic acids is 1. The number of rotatable bonds is 8. The molecule has 0 aliphatic heterocycles. The SMILES string of the molecule is COc1ccc(C(=O)NC(Cc2ccccc2)c2nc(-c3cccc(Cl)c3)no2)c(OC)c1. The summed E-state index contributed by atoms with van der Waals surface area (Å²) in [5, 5.41) is 7.66. The number of benzene rings is 3. The van der Waals surface area contributed by atoms with Gasteiger partial charge in [0.05, 0.1) is 19.8 Å². The maximum atomic E-state index is 13.2. The number of nitrogens with one attached hydrogen (secondary N) is 1. The standard InChI is InChI=1S/C25H22ClN3O4/c1-31-19-11-12-20(22(15-19)32-2)24(30)27-21(13-16-7-4-3-5-8-16)25-28-23(29-33-25)17-9-6-10-18(26)14-17/h3-12,14-15,21H,13H2,1-2H3,(H,27,30). The zero-order chi connectivity index (χ0) is 23.2. The van der Waals surface area contributed by atoms with E-state index in [2.05, 4.69) is 15.5 Å². The lowest BCUT2D eigenvalue weighted by atomic mass is 10.0. The number of hydrogen-bond donors (Lipinski definition) is 1. The highest BCUT2D eigenvalue weighted by Gasteiger charge is 2.24. The summed E-state index contributed by atoms with van der Waals surface area (Å²) in [5.74, 6) is 1.33. The molecule has 1 atom stereocenters. The van der Waals surface area contributed by atoms with E-state index in [0.29, 0.717) is 34.3 Å². The van der Waals surface area contributed by atoms with Crippen LogP contribution in [0.1, 0.15) is 27.9 Å². The molecule has 1 heterocycles. The molecule has 33 heavy (non-hydrogen) atoms. The monoisotopic (exact) mass is 463 g/mol. The third-order valence-electron chi connectivity index (χ3n) is 5.06. The summed E-state index contributed by atoms with van der Waals surface area (Å²) in [6.45, 7) is 0. The van der Waals surface area contributed by atoms with E-state index in [9.17, 15) is 4.79 Å². The van der Waals surface area contributed by atoms with Crippen LogP contribution in [0.25, 0.3) is 11.4 Å². The number of carbonyl (C=O) groups is 1. The Morgan fingerprint density at radius 2 is 1.85 bits per heavy atom. The van der Waals surface area contributed by atoms with Crippen LogP contribution < -0.4 is 14.8 Å². The molecular weight excluding hydrogens is 442 g/mol. The Hall–Kier alpha value is -3.84. The van der Waals surface area contributed by atoms with Gasteiger partial charge in [-0.25, -0.2) is 0 Å². The van der Waals surface area contributed by atoms with Crippen LogP contribution in [0.2, 0.25) is 5.02 Å². The van der Waals surface area contributed by atoms with E-state index in [1.807, 2.05) is 42.5 Å². The van der Waals surface area contributed by atoms with Crippen LogP contribution in [0.15, 0.2) is 77.3 Å². The quantitative estimate of drug-likeness (QED) is 0.390. The second kappa shape index (κ2) is 10.2. The molecule has 0 radical (unpaired) electrons.